The summed E-state index contributed by atoms with van der Waals surface area (Å²) in [5, 5.41) is 3.37. The molecule has 0 bridgehead atoms. The fourth-order valence-corrected chi connectivity index (χ4v) is 1.98. The van der Waals surface area contributed by atoms with Crippen LogP contribution in [0.4, 0.5) is 5.82 Å². The SMILES string of the molecule is CCCNc1cc(Cc2ccncc2)nc(C(C)(C)C)n1. The van der Waals surface area contributed by atoms with Crippen LogP contribution in [0, 0.1) is 0 Å². The van der Waals surface area contributed by atoms with Gasteiger partial charge in [-0.25, -0.2) is 9.97 Å². The van der Waals surface area contributed by atoms with Crippen LogP contribution in [0.25, 0.3) is 0 Å². The molecule has 0 radical (unpaired) electrons. The van der Waals surface area contributed by atoms with Crippen LogP contribution in [-0.2, 0) is 11.8 Å². The maximum Gasteiger partial charge on any atom is 0.136 e. The minimum atomic E-state index is -0.0586. The maximum absolute atomic E-state index is 4.74. The van der Waals surface area contributed by atoms with Crippen molar-refractivity contribution in [1.82, 2.24) is 15.0 Å². The highest BCUT2D eigenvalue weighted by molar-refractivity contribution is 5.38. The van der Waals surface area contributed by atoms with Gasteiger partial charge in [0.1, 0.15) is 11.6 Å². The molecule has 0 fully saturated rings. The monoisotopic (exact) mass is 284 g/mol. The van der Waals surface area contributed by atoms with Crippen LogP contribution in [0.3, 0.4) is 0 Å². The molecule has 0 aliphatic heterocycles. The van der Waals surface area contributed by atoms with E-state index in [0.29, 0.717) is 0 Å². The van der Waals surface area contributed by atoms with Gasteiger partial charge in [-0.15, -0.1) is 0 Å². The van der Waals surface area contributed by atoms with Gasteiger partial charge >= 0.3 is 0 Å². The standard InChI is InChI=1S/C17H24N4/c1-5-8-19-15-12-14(11-13-6-9-18-10-7-13)20-16(21-15)17(2,3)4/h6-7,9-10,12H,5,8,11H2,1-4H3,(H,19,20,21). The van der Waals surface area contributed by atoms with Crippen LogP contribution in [-0.4, -0.2) is 21.5 Å². The van der Waals surface area contributed by atoms with Gasteiger partial charge in [0.25, 0.3) is 0 Å². The minimum Gasteiger partial charge on any atom is -0.370 e. The first kappa shape index (κ1) is 15.4. The van der Waals surface area contributed by atoms with E-state index < -0.39 is 0 Å². The Bertz CT molecular complexity index is 573. The minimum absolute atomic E-state index is 0.0586. The lowest BCUT2D eigenvalue weighted by Gasteiger charge is -2.19. The summed E-state index contributed by atoms with van der Waals surface area (Å²) in [6.07, 6.45) is 5.51. The number of nitrogens with zero attached hydrogens (tertiary/aromatic N) is 3. The van der Waals surface area contributed by atoms with Crippen molar-refractivity contribution >= 4 is 5.82 Å². The zero-order valence-electron chi connectivity index (χ0n) is 13.3. The molecule has 0 unspecified atom stereocenters. The first-order valence-corrected chi connectivity index (χ1v) is 7.50. The number of hydrogen-bond acceptors (Lipinski definition) is 4. The van der Waals surface area contributed by atoms with Gasteiger partial charge in [0.2, 0.25) is 0 Å². The molecule has 2 aromatic rings. The summed E-state index contributed by atoms with van der Waals surface area (Å²) >= 11 is 0. The Balaban J connectivity index is 2.30. The highest BCUT2D eigenvalue weighted by Crippen LogP contribution is 2.21. The second-order valence-electron chi connectivity index (χ2n) is 6.28. The summed E-state index contributed by atoms with van der Waals surface area (Å²) < 4.78 is 0. The number of anilines is 1. The Morgan fingerprint density at radius 2 is 1.81 bits per heavy atom. The molecule has 1 N–H and O–H groups in total. The Hall–Kier alpha value is -1.97. The molecule has 0 spiro atoms. The van der Waals surface area contributed by atoms with Crippen molar-refractivity contribution in [3.05, 3.63) is 47.7 Å². The molecule has 4 heteroatoms. The molecule has 2 rings (SSSR count). The van der Waals surface area contributed by atoms with E-state index in [1.165, 1.54) is 5.56 Å². The summed E-state index contributed by atoms with van der Waals surface area (Å²) in [5.41, 5.74) is 2.20. The fourth-order valence-electron chi connectivity index (χ4n) is 1.98. The first-order valence-electron chi connectivity index (χ1n) is 7.50. The lowest BCUT2D eigenvalue weighted by Crippen LogP contribution is -2.18. The van der Waals surface area contributed by atoms with Gasteiger partial charge in [-0.1, -0.05) is 27.7 Å². The molecule has 0 saturated heterocycles. The number of rotatable bonds is 5. The molecule has 0 atom stereocenters. The molecule has 0 aliphatic rings. The molecule has 112 valence electrons. The molecule has 21 heavy (non-hydrogen) atoms. The average Bonchev–Trinajstić information content (AvgIpc) is 2.45. The Morgan fingerprint density at radius 1 is 1.10 bits per heavy atom. The lowest BCUT2D eigenvalue weighted by atomic mass is 9.95. The summed E-state index contributed by atoms with van der Waals surface area (Å²) in [4.78, 5) is 13.4. The third kappa shape index (κ3) is 4.52. The topological polar surface area (TPSA) is 50.7 Å². The Kier molecular flexibility index (Phi) is 4.89. The first-order chi connectivity index (χ1) is 9.99. The van der Waals surface area contributed by atoms with Gasteiger partial charge in [-0.2, -0.15) is 0 Å². The van der Waals surface area contributed by atoms with Crippen LogP contribution in [0.2, 0.25) is 0 Å². The van der Waals surface area contributed by atoms with Crippen LogP contribution < -0.4 is 5.32 Å². The molecule has 2 heterocycles. The Labute approximate surface area is 127 Å². The second-order valence-corrected chi connectivity index (χ2v) is 6.28. The Morgan fingerprint density at radius 3 is 2.43 bits per heavy atom. The van der Waals surface area contributed by atoms with Crippen molar-refractivity contribution in [3.8, 4) is 0 Å². The molecular formula is C17H24N4. The molecular weight excluding hydrogens is 260 g/mol. The van der Waals surface area contributed by atoms with Crippen molar-refractivity contribution in [1.29, 1.82) is 0 Å². The van der Waals surface area contributed by atoms with Crippen LogP contribution in [0.15, 0.2) is 30.6 Å². The van der Waals surface area contributed by atoms with Crippen molar-refractivity contribution < 1.29 is 0 Å². The molecule has 0 amide bonds. The van der Waals surface area contributed by atoms with Gasteiger partial charge in [0.15, 0.2) is 0 Å². The summed E-state index contributed by atoms with van der Waals surface area (Å²) in [6.45, 7) is 9.50. The van der Waals surface area contributed by atoms with E-state index in [0.717, 1.165) is 36.7 Å². The predicted octanol–water partition coefficient (Wildman–Crippen LogP) is 3.58. The van der Waals surface area contributed by atoms with Crippen molar-refractivity contribution in [2.24, 2.45) is 0 Å². The third-order valence-corrected chi connectivity index (χ3v) is 3.14. The average molecular weight is 284 g/mol. The zero-order chi connectivity index (χ0) is 15.3. The number of pyridine rings is 1. The van der Waals surface area contributed by atoms with E-state index in [-0.39, 0.29) is 5.41 Å². The van der Waals surface area contributed by atoms with E-state index in [1.54, 1.807) is 0 Å². The molecule has 0 aromatic carbocycles. The van der Waals surface area contributed by atoms with Gasteiger partial charge in [-0.05, 0) is 24.1 Å². The normalized spacial score (nSPS) is 11.4. The molecule has 4 nitrogen and oxygen atoms in total. The smallest absolute Gasteiger partial charge is 0.136 e. The van der Waals surface area contributed by atoms with Crippen molar-refractivity contribution in [2.75, 3.05) is 11.9 Å². The van der Waals surface area contributed by atoms with Gasteiger partial charge < -0.3 is 5.32 Å². The van der Waals surface area contributed by atoms with Gasteiger partial charge in [-0.3, -0.25) is 4.98 Å². The number of nitrogens with one attached hydrogen (secondary N) is 1. The summed E-state index contributed by atoms with van der Waals surface area (Å²) in [7, 11) is 0. The van der Waals surface area contributed by atoms with Crippen molar-refractivity contribution in [3.63, 3.8) is 0 Å². The second kappa shape index (κ2) is 6.66. The number of aromatic nitrogens is 3. The fraction of sp³-hybridized carbons (Fsp3) is 0.471. The van der Waals surface area contributed by atoms with Crippen molar-refractivity contribution in [2.45, 2.75) is 46.0 Å². The summed E-state index contributed by atoms with van der Waals surface area (Å²) in [5.74, 6) is 1.80. The quantitative estimate of drug-likeness (QED) is 0.911. The van der Waals surface area contributed by atoms with E-state index in [1.807, 2.05) is 30.6 Å². The van der Waals surface area contributed by atoms with Gasteiger partial charge in [0, 0.05) is 36.8 Å². The molecule has 2 aromatic heterocycles. The van der Waals surface area contributed by atoms with Crippen LogP contribution in [0.5, 0.6) is 0 Å². The third-order valence-electron chi connectivity index (χ3n) is 3.14. The maximum atomic E-state index is 4.74. The highest BCUT2D eigenvalue weighted by atomic mass is 15.0. The van der Waals surface area contributed by atoms with E-state index in [9.17, 15) is 0 Å². The summed E-state index contributed by atoms with van der Waals surface area (Å²) in [6, 6.07) is 6.10. The highest BCUT2D eigenvalue weighted by Gasteiger charge is 2.19. The predicted molar refractivity (Wildman–Crippen MR) is 86.6 cm³/mol. The zero-order valence-corrected chi connectivity index (χ0v) is 13.3. The van der Waals surface area contributed by atoms with E-state index in [4.69, 9.17) is 4.98 Å². The molecule has 0 aliphatic carbocycles. The van der Waals surface area contributed by atoms with Gasteiger partial charge in [0.05, 0.1) is 5.69 Å². The van der Waals surface area contributed by atoms with E-state index >= 15 is 0 Å². The van der Waals surface area contributed by atoms with Crippen LogP contribution >= 0.6 is 0 Å². The lowest BCUT2D eigenvalue weighted by molar-refractivity contribution is 0.542. The van der Waals surface area contributed by atoms with E-state index in [2.05, 4.69) is 43.0 Å². The molecule has 0 saturated carbocycles. The number of hydrogen-bond donors (Lipinski definition) is 1. The largest absolute Gasteiger partial charge is 0.370 e. The van der Waals surface area contributed by atoms with Crippen LogP contribution in [0.1, 0.15) is 51.2 Å².